The molecule has 1 atom stereocenters. The van der Waals surface area contributed by atoms with E-state index in [4.69, 9.17) is 9.84 Å². The number of carboxylic acids is 1. The Labute approximate surface area is 123 Å². The van der Waals surface area contributed by atoms with Gasteiger partial charge < -0.3 is 15.2 Å². The first-order chi connectivity index (χ1) is 9.95. The second kappa shape index (κ2) is 8.04. The van der Waals surface area contributed by atoms with Crippen molar-refractivity contribution in [2.45, 2.75) is 38.8 Å². The predicted octanol–water partition coefficient (Wildman–Crippen LogP) is 2.02. The second-order valence-corrected chi connectivity index (χ2v) is 4.75. The summed E-state index contributed by atoms with van der Waals surface area (Å²) in [5.74, 6) is -1.33. The molecule has 21 heavy (non-hydrogen) atoms. The number of rotatable bonds is 8. The molecule has 1 heterocycles. The maximum atomic E-state index is 12.2. The smallest absolute Gasteiger partial charge is 0.326 e. The zero-order chi connectivity index (χ0) is 15.8. The number of aromatic nitrogens is 1. The third-order valence-corrected chi connectivity index (χ3v) is 2.61. The molecule has 1 aromatic heterocycles. The average molecular weight is 292 g/mol. The van der Waals surface area contributed by atoms with Crippen LogP contribution in [0.3, 0.4) is 0 Å². The van der Waals surface area contributed by atoms with E-state index in [0.717, 1.165) is 0 Å². The monoisotopic (exact) mass is 292 g/mol. The highest BCUT2D eigenvalue weighted by atomic mass is 16.5. The molecule has 0 aromatic carbocycles. The molecule has 0 bridgehead atoms. The van der Waals surface area contributed by atoms with Crippen molar-refractivity contribution in [2.75, 3.05) is 0 Å². The molecule has 1 rings (SSSR count). The lowest BCUT2D eigenvalue weighted by molar-refractivity contribution is -0.139. The zero-order valence-corrected chi connectivity index (χ0v) is 12.2. The zero-order valence-electron chi connectivity index (χ0n) is 12.2. The van der Waals surface area contributed by atoms with Crippen molar-refractivity contribution >= 4 is 11.9 Å². The number of ether oxygens (including phenoxy) is 1. The predicted molar refractivity (Wildman–Crippen MR) is 78.3 cm³/mol. The second-order valence-electron chi connectivity index (χ2n) is 4.75. The third kappa shape index (κ3) is 5.25. The van der Waals surface area contributed by atoms with Gasteiger partial charge in [-0.25, -0.2) is 9.78 Å². The van der Waals surface area contributed by atoms with Crippen molar-refractivity contribution in [2.24, 2.45) is 0 Å². The number of hydrogen-bond acceptors (Lipinski definition) is 4. The van der Waals surface area contributed by atoms with Gasteiger partial charge in [0.25, 0.3) is 5.91 Å². The molecule has 1 unspecified atom stereocenters. The van der Waals surface area contributed by atoms with Gasteiger partial charge in [-0.3, -0.25) is 4.79 Å². The minimum Gasteiger partial charge on any atom is -0.489 e. The Morgan fingerprint density at radius 1 is 1.52 bits per heavy atom. The summed E-state index contributed by atoms with van der Waals surface area (Å²) in [5.41, 5.74) is 0.0797. The molecule has 6 heteroatoms. The fourth-order valence-corrected chi connectivity index (χ4v) is 1.68. The molecule has 0 radical (unpaired) electrons. The van der Waals surface area contributed by atoms with Crippen LogP contribution < -0.4 is 10.1 Å². The Bertz CT molecular complexity index is 514. The van der Waals surface area contributed by atoms with Crippen molar-refractivity contribution in [1.29, 1.82) is 0 Å². The molecule has 2 N–H and O–H groups in total. The summed E-state index contributed by atoms with van der Waals surface area (Å²) in [7, 11) is 0. The first kappa shape index (κ1) is 16.7. The SMILES string of the molecule is C=CCCC(NC(=O)c1ncccc1OC(C)C)C(=O)O. The minimum absolute atomic E-state index is 0.0797. The number of hydrogen-bond donors (Lipinski definition) is 2. The number of pyridine rings is 1. The number of nitrogens with one attached hydrogen (secondary N) is 1. The van der Waals surface area contributed by atoms with Crippen LogP contribution in [0.4, 0.5) is 0 Å². The Hall–Kier alpha value is -2.37. The number of carbonyl (C=O) groups is 2. The molecule has 1 amide bonds. The highest BCUT2D eigenvalue weighted by molar-refractivity contribution is 5.97. The number of allylic oxidation sites excluding steroid dienone is 1. The van der Waals surface area contributed by atoms with E-state index < -0.39 is 17.9 Å². The Kier molecular flexibility index (Phi) is 6.39. The lowest BCUT2D eigenvalue weighted by atomic mass is 10.1. The Morgan fingerprint density at radius 2 is 2.24 bits per heavy atom. The van der Waals surface area contributed by atoms with E-state index in [2.05, 4.69) is 16.9 Å². The van der Waals surface area contributed by atoms with Gasteiger partial charge in [-0.1, -0.05) is 6.08 Å². The first-order valence-electron chi connectivity index (χ1n) is 6.72. The van der Waals surface area contributed by atoms with Gasteiger partial charge in [0.15, 0.2) is 11.4 Å². The van der Waals surface area contributed by atoms with Crippen molar-refractivity contribution in [3.63, 3.8) is 0 Å². The number of carboxylic acid groups (broad SMARTS) is 1. The number of amides is 1. The van der Waals surface area contributed by atoms with E-state index in [9.17, 15) is 9.59 Å². The first-order valence-corrected chi connectivity index (χ1v) is 6.72. The van der Waals surface area contributed by atoms with Crippen LogP contribution in [0.1, 0.15) is 37.2 Å². The maximum Gasteiger partial charge on any atom is 0.326 e. The molecular weight excluding hydrogens is 272 g/mol. The maximum absolute atomic E-state index is 12.2. The number of nitrogens with zero attached hydrogens (tertiary/aromatic N) is 1. The average Bonchev–Trinajstić information content (AvgIpc) is 2.42. The summed E-state index contributed by atoms with van der Waals surface area (Å²) >= 11 is 0. The number of carbonyl (C=O) groups excluding carboxylic acids is 1. The lowest BCUT2D eigenvalue weighted by Gasteiger charge is -2.16. The van der Waals surface area contributed by atoms with Gasteiger partial charge in [0, 0.05) is 6.20 Å². The van der Waals surface area contributed by atoms with Crippen LogP contribution in [0.15, 0.2) is 31.0 Å². The molecule has 0 fully saturated rings. The largest absolute Gasteiger partial charge is 0.489 e. The molecule has 0 saturated carbocycles. The lowest BCUT2D eigenvalue weighted by Crippen LogP contribution is -2.41. The van der Waals surface area contributed by atoms with Gasteiger partial charge in [0.2, 0.25) is 0 Å². The Balaban J connectivity index is 2.87. The summed E-state index contributed by atoms with van der Waals surface area (Å²) in [6.45, 7) is 7.20. The van der Waals surface area contributed by atoms with Crippen LogP contribution in [0.5, 0.6) is 5.75 Å². The van der Waals surface area contributed by atoms with Crippen molar-refractivity contribution < 1.29 is 19.4 Å². The topological polar surface area (TPSA) is 88.5 Å². The van der Waals surface area contributed by atoms with E-state index in [1.165, 1.54) is 6.20 Å². The van der Waals surface area contributed by atoms with Gasteiger partial charge in [0.05, 0.1) is 6.10 Å². The van der Waals surface area contributed by atoms with Gasteiger partial charge in [-0.2, -0.15) is 0 Å². The molecule has 6 nitrogen and oxygen atoms in total. The van der Waals surface area contributed by atoms with E-state index in [0.29, 0.717) is 12.2 Å². The molecule has 114 valence electrons. The molecule has 0 aliphatic heterocycles. The molecule has 0 spiro atoms. The van der Waals surface area contributed by atoms with Crippen LogP contribution in [0.25, 0.3) is 0 Å². The summed E-state index contributed by atoms with van der Waals surface area (Å²) in [6.07, 6.45) is 3.72. The molecule has 0 aliphatic rings. The fourth-order valence-electron chi connectivity index (χ4n) is 1.68. The van der Waals surface area contributed by atoms with Gasteiger partial charge >= 0.3 is 5.97 Å². The molecule has 0 saturated heterocycles. The quantitative estimate of drug-likeness (QED) is 0.716. The highest BCUT2D eigenvalue weighted by Gasteiger charge is 2.22. The molecular formula is C15H20N2O4. The van der Waals surface area contributed by atoms with Crippen molar-refractivity contribution in [3.8, 4) is 5.75 Å². The van der Waals surface area contributed by atoms with Crippen molar-refractivity contribution in [1.82, 2.24) is 10.3 Å². The minimum atomic E-state index is -1.09. The normalized spacial score (nSPS) is 11.8. The summed E-state index contributed by atoms with van der Waals surface area (Å²) in [6, 6.07) is 2.30. The van der Waals surface area contributed by atoms with E-state index >= 15 is 0 Å². The van der Waals surface area contributed by atoms with E-state index in [1.54, 1.807) is 18.2 Å². The van der Waals surface area contributed by atoms with E-state index in [-0.39, 0.29) is 18.2 Å². The van der Waals surface area contributed by atoms with Crippen LogP contribution in [0, 0.1) is 0 Å². The van der Waals surface area contributed by atoms with Gasteiger partial charge in [0.1, 0.15) is 6.04 Å². The number of aliphatic carboxylic acids is 1. The van der Waals surface area contributed by atoms with Crippen LogP contribution in [-0.2, 0) is 4.79 Å². The Morgan fingerprint density at radius 3 is 2.81 bits per heavy atom. The van der Waals surface area contributed by atoms with Gasteiger partial charge in [-0.15, -0.1) is 6.58 Å². The standard InChI is InChI=1S/C15H20N2O4/c1-4-5-7-11(15(19)20)17-14(18)13-12(21-10(2)3)8-6-9-16-13/h4,6,8-11H,1,5,7H2,2-3H3,(H,17,18)(H,19,20). The van der Waals surface area contributed by atoms with Crippen LogP contribution in [-0.4, -0.2) is 34.1 Å². The summed E-state index contributed by atoms with van der Waals surface area (Å²) < 4.78 is 5.50. The van der Waals surface area contributed by atoms with Crippen LogP contribution >= 0.6 is 0 Å². The van der Waals surface area contributed by atoms with Crippen LogP contribution in [0.2, 0.25) is 0 Å². The summed E-state index contributed by atoms with van der Waals surface area (Å²) in [4.78, 5) is 27.3. The van der Waals surface area contributed by atoms with Crippen molar-refractivity contribution in [3.05, 3.63) is 36.7 Å². The molecule has 1 aromatic rings. The van der Waals surface area contributed by atoms with Gasteiger partial charge in [-0.05, 0) is 38.8 Å². The highest BCUT2D eigenvalue weighted by Crippen LogP contribution is 2.17. The fraction of sp³-hybridized carbons (Fsp3) is 0.400. The third-order valence-electron chi connectivity index (χ3n) is 2.61. The molecule has 0 aliphatic carbocycles. The van der Waals surface area contributed by atoms with E-state index in [1.807, 2.05) is 13.8 Å². The summed E-state index contributed by atoms with van der Waals surface area (Å²) in [5, 5.41) is 11.6.